The van der Waals surface area contributed by atoms with Gasteiger partial charge >= 0.3 is 0 Å². The summed E-state index contributed by atoms with van der Waals surface area (Å²) < 4.78 is 5.46. The summed E-state index contributed by atoms with van der Waals surface area (Å²) in [6.45, 7) is 4.51. The maximum Gasteiger partial charge on any atom is 0.119 e. The van der Waals surface area contributed by atoms with Crippen LogP contribution in [0.25, 0.3) is 10.9 Å². The number of H-pyrrole nitrogens is 1. The van der Waals surface area contributed by atoms with Crippen molar-refractivity contribution in [2.45, 2.75) is 31.7 Å². The molecule has 1 aromatic carbocycles. The highest BCUT2D eigenvalue weighted by atomic mass is 35.5. The average Bonchev–Trinajstić information content (AvgIpc) is 3.26. The summed E-state index contributed by atoms with van der Waals surface area (Å²) in [5, 5.41) is 4.82. The predicted molar refractivity (Wildman–Crippen MR) is 108 cm³/mol. The number of nitrogens with one attached hydrogen (secondary N) is 2. The molecule has 6 heteroatoms. The predicted octanol–water partition coefficient (Wildman–Crippen LogP) is 4.16. The Morgan fingerprint density at radius 1 is 1.12 bits per heavy atom. The van der Waals surface area contributed by atoms with Gasteiger partial charge in [0.25, 0.3) is 0 Å². The molecule has 140 valence electrons. The van der Waals surface area contributed by atoms with Crippen molar-refractivity contribution >= 4 is 35.7 Å². The first-order chi connectivity index (χ1) is 11.4. The Bertz CT molecular complexity index is 664. The van der Waals surface area contributed by atoms with E-state index in [1.54, 1.807) is 7.11 Å². The third-order valence-electron chi connectivity index (χ3n) is 5.63. The standard InChI is InChI=1S/C19H27N3O.2ClH/c1-23-15-6-7-18-16(12-15)17(13-21-18)19(14-4-2-3-5-14)22-10-8-20-9-11-22;;/h6-7,12-14,19-21H,2-5,8-11H2,1H3;2*1H/t19-;;/m0../s1. The average molecular weight is 386 g/mol. The molecule has 4 nitrogen and oxygen atoms in total. The fourth-order valence-electron chi connectivity index (χ4n) is 4.48. The van der Waals surface area contributed by atoms with E-state index >= 15 is 0 Å². The van der Waals surface area contributed by atoms with Crippen LogP contribution in [0, 0.1) is 5.92 Å². The van der Waals surface area contributed by atoms with E-state index in [2.05, 4.69) is 33.5 Å². The summed E-state index contributed by atoms with van der Waals surface area (Å²) in [5.74, 6) is 1.74. The Morgan fingerprint density at radius 2 is 1.84 bits per heavy atom. The number of piperazine rings is 1. The third-order valence-corrected chi connectivity index (χ3v) is 5.63. The molecule has 25 heavy (non-hydrogen) atoms. The van der Waals surface area contributed by atoms with Crippen LogP contribution in [0.3, 0.4) is 0 Å². The van der Waals surface area contributed by atoms with Gasteiger partial charge in [0.05, 0.1) is 7.11 Å². The van der Waals surface area contributed by atoms with Crippen LogP contribution in [-0.2, 0) is 0 Å². The van der Waals surface area contributed by atoms with Crippen LogP contribution in [0.1, 0.15) is 37.3 Å². The Labute approximate surface area is 162 Å². The molecule has 2 aliphatic rings. The van der Waals surface area contributed by atoms with Crippen LogP contribution in [-0.4, -0.2) is 43.2 Å². The number of nitrogens with zero attached hydrogens (tertiary/aromatic N) is 1. The molecular formula is C19H29Cl2N3O. The van der Waals surface area contributed by atoms with Gasteiger partial charge in [-0.1, -0.05) is 12.8 Å². The van der Waals surface area contributed by atoms with Gasteiger partial charge in [0.2, 0.25) is 0 Å². The van der Waals surface area contributed by atoms with Crippen LogP contribution in [0.5, 0.6) is 5.75 Å². The van der Waals surface area contributed by atoms with E-state index in [1.807, 2.05) is 6.07 Å². The second-order valence-electron chi connectivity index (χ2n) is 6.93. The molecule has 1 atom stereocenters. The van der Waals surface area contributed by atoms with Crippen molar-refractivity contribution in [1.29, 1.82) is 0 Å². The normalized spacial score (nSPS) is 20.0. The van der Waals surface area contributed by atoms with Crippen molar-refractivity contribution in [3.63, 3.8) is 0 Å². The molecular weight excluding hydrogens is 357 g/mol. The van der Waals surface area contributed by atoms with Gasteiger partial charge in [-0.25, -0.2) is 0 Å². The van der Waals surface area contributed by atoms with Gasteiger partial charge < -0.3 is 15.0 Å². The molecule has 2 fully saturated rings. The van der Waals surface area contributed by atoms with E-state index in [0.29, 0.717) is 6.04 Å². The van der Waals surface area contributed by atoms with Gasteiger partial charge in [0, 0.05) is 49.3 Å². The smallest absolute Gasteiger partial charge is 0.119 e. The number of hydrogen-bond donors (Lipinski definition) is 2. The summed E-state index contributed by atoms with van der Waals surface area (Å²) in [5.41, 5.74) is 2.69. The third kappa shape index (κ3) is 4.08. The summed E-state index contributed by atoms with van der Waals surface area (Å²) in [6, 6.07) is 6.92. The number of fused-ring (bicyclic) bond motifs is 1. The Kier molecular flexibility index (Phi) is 7.44. The first-order valence-corrected chi connectivity index (χ1v) is 8.96. The fourth-order valence-corrected chi connectivity index (χ4v) is 4.48. The molecule has 0 spiro atoms. The second-order valence-corrected chi connectivity index (χ2v) is 6.93. The zero-order valence-electron chi connectivity index (χ0n) is 14.8. The molecule has 1 aliphatic carbocycles. The van der Waals surface area contributed by atoms with Crippen molar-refractivity contribution < 1.29 is 4.74 Å². The van der Waals surface area contributed by atoms with Crippen LogP contribution in [0.4, 0.5) is 0 Å². The molecule has 1 aromatic heterocycles. The molecule has 2 heterocycles. The van der Waals surface area contributed by atoms with Gasteiger partial charge in [-0.2, -0.15) is 0 Å². The van der Waals surface area contributed by atoms with Crippen molar-refractivity contribution in [2.24, 2.45) is 5.92 Å². The highest BCUT2D eigenvalue weighted by molar-refractivity contribution is 5.86. The minimum atomic E-state index is 0. The number of hydrogen-bond acceptors (Lipinski definition) is 3. The fraction of sp³-hybridized carbons (Fsp3) is 0.579. The second kappa shape index (κ2) is 9.13. The molecule has 2 N–H and O–H groups in total. The van der Waals surface area contributed by atoms with E-state index in [4.69, 9.17) is 4.74 Å². The molecule has 1 saturated carbocycles. The number of benzene rings is 1. The van der Waals surface area contributed by atoms with Gasteiger partial charge in [0.1, 0.15) is 5.75 Å². The van der Waals surface area contributed by atoms with E-state index in [0.717, 1.165) is 37.8 Å². The number of aromatic amines is 1. The molecule has 4 rings (SSSR count). The number of aromatic nitrogens is 1. The largest absolute Gasteiger partial charge is 0.497 e. The van der Waals surface area contributed by atoms with Crippen molar-refractivity contribution in [3.05, 3.63) is 30.0 Å². The van der Waals surface area contributed by atoms with Crippen LogP contribution in [0.2, 0.25) is 0 Å². The summed E-state index contributed by atoms with van der Waals surface area (Å²) in [4.78, 5) is 6.19. The Hall–Kier alpha value is -0.940. The van der Waals surface area contributed by atoms with E-state index in [9.17, 15) is 0 Å². The maximum atomic E-state index is 5.46. The van der Waals surface area contributed by atoms with Gasteiger partial charge in [0.15, 0.2) is 0 Å². The molecule has 0 amide bonds. The first kappa shape index (κ1) is 20.4. The summed E-state index contributed by atoms with van der Waals surface area (Å²) in [6.07, 6.45) is 7.75. The van der Waals surface area contributed by atoms with Gasteiger partial charge in [-0.05, 0) is 42.5 Å². The molecule has 0 unspecified atom stereocenters. The summed E-state index contributed by atoms with van der Waals surface area (Å²) in [7, 11) is 1.75. The Balaban J connectivity index is 0.00000113. The number of halogens is 2. The zero-order chi connectivity index (χ0) is 15.6. The van der Waals surface area contributed by atoms with E-state index in [1.165, 1.54) is 42.1 Å². The monoisotopic (exact) mass is 385 g/mol. The number of methoxy groups -OCH3 is 1. The highest BCUT2D eigenvalue weighted by Crippen LogP contribution is 2.42. The topological polar surface area (TPSA) is 40.3 Å². The molecule has 0 bridgehead atoms. The van der Waals surface area contributed by atoms with Crippen LogP contribution in [0.15, 0.2) is 24.4 Å². The van der Waals surface area contributed by atoms with E-state index < -0.39 is 0 Å². The lowest BCUT2D eigenvalue weighted by Crippen LogP contribution is -2.46. The zero-order valence-corrected chi connectivity index (χ0v) is 16.4. The first-order valence-electron chi connectivity index (χ1n) is 8.96. The Morgan fingerprint density at radius 3 is 2.52 bits per heavy atom. The van der Waals surface area contributed by atoms with Gasteiger partial charge in [-0.15, -0.1) is 24.8 Å². The van der Waals surface area contributed by atoms with Gasteiger partial charge in [-0.3, -0.25) is 4.90 Å². The van der Waals surface area contributed by atoms with Crippen LogP contribution >= 0.6 is 24.8 Å². The number of ether oxygens (including phenoxy) is 1. The number of rotatable bonds is 4. The maximum absolute atomic E-state index is 5.46. The molecule has 2 aromatic rings. The van der Waals surface area contributed by atoms with Crippen molar-refractivity contribution in [1.82, 2.24) is 15.2 Å². The lowest BCUT2D eigenvalue weighted by atomic mass is 9.89. The summed E-state index contributed by atoms with van der Waals surface area (Å²) >= 11 is 0. The van der Waals surface area contributed by atoms with Crippen molar-refractivity contribution in [2.75, 3.05) is 33.3 Å². The molecule has 1 aliphatic heterocycles. The molecule has 1 saturated heterocycles. The lowest BCUT2D eigenvalue weighted by molar-refractivity contribution is 0.126. The minimum absolute atomic E-state index is 0. The lowest BCUT2D eigenvalue weighted by Gasteiger charge is -2.38. The van der Waals surface area contributed by atoms with E-state index in [-0.39, 0.29) is 24.8 Å². The SMILES string of the molecule is COc1ccc2[nH]cc([C@H](C3CCCC3)N3CCNCC3)c2c1.Cl.Cl. The molecule has 0 radical (unpaired) electrons. The quantitative estimate of drug-likeness (QED) is 0.829. The minimum Gasteiger partial charge on any atom is -0.497 e. The van der Waals surface area contributed by atoms with Crippen LogP contribution < -0.4 is 10.1 Å². The highest BCUT2D eigenvalue weighted by Gasteiger charge is 2.33. The van der Waals surface area contributed by atoms with Crippen molar-refractivity contribution in [3.8, 4) is 5.75 Å².